The molecule has 3 aromatic rings. The highest BCUT2D eigenvalue weighted by Gasteiger charge is 2.40. The number of nitrogens with zero attached hydrogens (tertiary/aromatic N) is 1. The first-order valence-corrected chi connectivity index (χ1v) is 12.8. The van der Waals surface area contributed by atoms with E-state index in [0.29, 0.717) is 23.0 Å². The second-order valence-electron chi connectivity index (χ2n) is 9.44. The lowest BCUT2D eigenvalue weighted by Crippen LogP contribution is -2.52. The van der Waals surface area contributed by atoms with Gasteiger partial charge in [0.25, 0.3) is 11.8 Å². The van der Waals surface area contributed by atoms with Gasteiger partial charge in [-0.05, 0) is 54.8 Å². The Kier molecular flexibility index (Phi) is 7.63. The number of carbonyl (C=O) groups excluding carboxylic acids is 2. The van der Waals surface area contributed by atoms with Crippen molar-refractivity contribution in [3.63, 3.8) is 0 Å². The highest BCUT2D eigenvalue weighted by atomic mass is 16.6. The van der Waals surface area contributed by atoms with Crippen LogP contribution in [-0.4, -0.2) is 42.6 Å². The summed E-state index contributed by atoms with van der Waals surface area (Å²) in [5.74, 6) is 1.57. The highest BCUT2D eigenvalue weighted by Crippen LogP contribution is 2.33. The van der Waals surface area contributed by atoms with Crippen molar-refractivity contribution in [3.05, 3.63) is 78.3 Å². The van der Waals surface area contributed by atoms with Crippen molar-refractivity contribution in [3.8, 4) is 17.2 Å². The first-order valence-electron chi connectivity index (χ1n) is 12.8. The molecule has 1 saturated carbocycles. The van der Waals surface area contributed by atoms with E-state index in [1.807, 2.05) is 36.4 Å². The van der Waals surface area contributed by atoms with E-state index in [1.54, 1.807) is 31.4 Å². The van der Waals surface area contributed by atoms with Gasteiger partial charge < -0.3 is 28.8 Å². The molecule has 0 spiro atoms. The third kappa shape index (κ3) is 5.74. The van der Waals surface area contributed by atoms with E-state index in [0.717, 1.165) is 31.2 Å². The number of hydrogen-bond donors (Lipinski definition) is 1. The van der Waals surface area contributed by atoms with Gasteiger partial charge in [-0.15, -0.1) is 0 Å². The summed E-state index contributed by atoms with van der Waals surface area (Å²) in [5, 5.41) is 3.18. The number of benzene rings is 2. The van der Waals surface area contributed by atoms with E-state index in [-0.39, 0.29) is 31.0 Å². The Morgan fingerprint density at radius 3 is 2.46 bits per heavy atom. The van der Waals surface area contributed by atoms with E-state index in [2.05, 4.69) is 5.32 Å². The Bertz CT molecular complexity index is 1190. The van der Waals surface area contributed by atoms with Gasteiger partial charge >= 0.3 is 0 Å². The number of ether oxygens (including phenoxy) is 3. The van der Waals surface area contributed by atoms with Crippen LogP contribution in [-0.2, 0) is 16.1 Å². The van der Waals surface area contributed by atoms with Crippen molar-refractivity contribution in [1.29, 1.82) is 0 Å². The van der Waals surface area contributed by atoms with Crippen LogP contribution in [0.3, 0.4) is 0 Å². The fraction of sp³-hybridized carbons (Fsp3) is 0.379. The molecule has 2 aliphatic rings. The lowest BCUT2D eigenvalue weighted by Gasteiger charge is -2.35. The fourth-order valence-electron chi connectivity index (χ4n) is 4.95. The largest absolute Gasteiger partial charge is 0.497 e. The van der Waals surface area contributed by atoms with Gasteiger partial charge in [-0.3, -0.25) is 9.59 Å². The molecule has 2 aromatic carbocycles. The average molecular weight is 505 g/mol. The van der Waals surface area contributed by atoms with Gasteiger partial charge in [0.1, 0.15) is 18.1 Å². The summed E-state index contributed by atoms with van der Waals surface area (Å²) < 4.78 is 22.9. The lowest BCUT2D eigenvalue weighted by atomic mass is 9.95. The molecule has 0 unspecified atom stereocenters. The predicted molar refractivity (Wildman–Crippen MR) is 136 cm³/mol. The maximum Gasteiger partial charge on any atom is 0.268 e. The number of fused-ring (bicyclic) bond motifs is 1. The van der Waals surface area contributed by atoms with Crippen LogP contribution in [0.25, 0.3) is 0 Å². The number of para-hydroxylation sites is 2. The Hall–Kier alpha value is -3.94. The fourth-order valence-corrected chi connectivity index (χ4v) is 4.95. The van der Waals surface area contributed by atoms with Crippen molar-refractivity contribution in [2.45, 2.75) is 56.8 Å². The maximum absolute atomic E-state index is 14.0. The predicted octanol–water partition coefficient (Wildman–Crippen LogP) is 4.65. The molecule has 0 radical (unpaired) electrons. The molecule has 8 nitrogen and oxygen atoms in total. The number of methoxy groups -OCH3 is 1. The molecule has 2 atom stereocenters. The average Bonchev–Trinajstić information content (AvgIpc) is 3.47. The van der Waals surface area contributed by atoms with Crippen molar-refractivity contribution in [2.75, 3.05) is 13.7 Å². The first kappa shape index (κ1) is 24.7. The Morgan fingerprint density at radius 1 is 1.00 bits per heavy atom. The maximum atomic E-state index is 14.0. The summed E-state index contributed by atoms with van der Waals surface area (Å²) in [6, 6.07) is 17.2. The smallest absolute Gasteiger partial charge is 0.268 e. The van der Waals surface area contributed by atoms with E-state index in [1.165, 1.54) is 17.6 Å². The van der Waals surface area contributed by atoms with Crippen LogP contribution in [0.2, 0.25) is 0 Å². The molecule has 1 aromatic heterocycles. The summed E-state index contributed by atoms with van der Waals surface area (Å²) in [7, 11) is 1.60. The summed E-state index contributed by atoms with van der Waals surface area (Å²) in [5.41, 5.74) is 0.841. The highest BCUT2D eigenvalue weighted by molar-refractivity contribution is 5.90. The molecule has 0 saturated heterocycles. The molecule has 8 heteroatoms. The van der Waals surface area contributed by atoms with Crippen LogP contribution >= 0.6 is 0 Å². The standard InChI is InChI=1S/C29H32N2O6/c1-34-22-15-13-20(14-16-22)18-31(29(33)26-19-36-23-10-5-6-11-24(23)37-26)27(25-12-7-17-35-25)28(32)30-21-8-3-2-4-9-21/h5-7,10-17,21,26-27H,2-4,8-9,18-19H2,1H3,(H,30,32)/t26-,27+/m1/s1. The van der Waals surface area contributed by atoms with Gasteiger partial charge in [0.15, 0.2) is 17.5 Å². The van der Waals surface area contributed by atoms with Crippen LogP contribution in [0.5, 0.6) is 17.2 Å². The van der Waals surface area contributed by atoms with Gasteiger partial charge in [0.2, 0.25) is 6.10 Å². The minimum Gasteiger partial charge on any atom is -0.497 e. The molecule has 0 bridgehead atoms. The van der Waals surface area contributed by atoms with Crippen LogP contribution in [0, 0.1) is 0 Å². The lowest BCUT2D eigenvalue weighted by molar-refractivity contribution is -0.150. The monoisotopic (exact) mass is 504 g/mol. The van der Waals surface area contributed by atoms with Crippen LogP contribution in [0.4, 0.5) is 0 Å². The van der Waals surface area contributed by atoms with Crippen LogP contribution in [0.15, 0.2) is 71.3 Å². The second kappa shape index (κ2) is 11.4. The van der Waals surface area contributed by atoms with E-state index in [9.17, 15) is 9.59 Å². The van der Waals surface area contributed by atoms with Crippen LogP contribution in [0.1, 0.15) is 49.5 Å². The molecule has 194 valence electrons. The number of rotatable bonds is 8. The zero-order valence-electron chi connectivity index (χ0n) is 20.9. The zero-order chi connectivity index (χ0) is 25.6. The van der Waals surface area contributed by atoms with Crippen LogP contribution < -0.4 is 19.5 Å². The van der Waals surface area contributed by atoms with E-state index >= 15 is 0 Å². The normalized spacial score (nSPS) is 18.0. The van der Waals surface area contributed by atoms with Crippen molar-refractivity contribution in [2.24, 2.45) is 0 Å². The number of furan rings is 1. The minimum absolute atomic E-state index is 0.0457. The SMILES string of the molecule is COc1ccc(CN(C(=O)[C@H]2COc3ccccc3O2)[C@H](C(=O)NC2CCCCC2)c2ccco2)cc1. The molecule has 2 heterocycles. The third-order valence-corrected chi connectivity index (χ3v) is 6.90. The first-order chi connectivity index (χ1) is 18.1. The molecule has 1 aliphatic carbocycles. The van der Waals surface area contributed by atoms with Gasteiger partial charge in [-0.2, -0.15) is 0 Å². The van der Waals surface area contributed by atoms with E-state index < -0.39 is 12.1 Å². The van der Waals surface area contributed by atoms with Gasteiger partial charge in [0, 0.05) is 12.6 Å². The number of carbonyl (C=O) groups is 2. The molecular formula is C29H32N2O6. The van der Waals surface area contributed by atoms with E-state index in [4.69, 9.17) is 18.6 Å². The molecular weight excluding hydrogens is 472 g/mol. The summed E-state index contributed by atoms with van der Waals surface area (Å²) in [6.45, 7) is 0.220. The minimum atomic E-state index is -0.965. The summed E-state index contributed by atoms with van der Waals surface area (Å²) >= 11 is 0. The zero-order valence-corrected chi connectivity index (χ0v) is 20.9. The Morgan fingerprint density at radius 2 is 1.76 bits per heavy atom. The molecule has 2 amide bonds. The quantitative estimate of drug-likeness (QED) is 0.480. The Labute approximate surface area is 216 Å². The molecule has 1 aliphatic heterocycles. The molecule has 1 fully saturated rings. The van der Waals surface area contributed by atoms with Gasteiger partial charge in [-0.25, -0.2) is 0 Å². The molecule has 1 N–H and O–H groups in total. The summed E-state index contributed by atoms with van der Waals surface area (Å²) in [4.78, 5) is 29.3. The topological polar surface area (TPSA) is 90.2 Å². The van der Waals surface area contributed by atoms with Gasteiger partial charge in [-0.1, -0.05) is 43.5 Å². The molecule has 5 rings (SSSR count). The number of nitrogens with one attached hydrogen (secondary N) is 1. The number of hydrogen-bond acceptors (Lipinski definition) is 6. The van der Waals surface area contributed by atoms with Crippen molar-refractivity contribution in [1.82, 2.24) is 10.2 Å². The van der Waals surface area contributed by atoms with Crippen molar-refractivity contribution < 1.29 is 28.2 Å². The third-order valence-electron chi connectivity index (χ3n) is 6.90. The number of amides is 2. The second-order valence-corrected chi connectivity index (χ2v) is 9.44. The summed E-state index contributed by atoms with van der Waals surface area (Å²) in [6.07, 6.45) is 5.81. The Balaban J connectivity index is 1.46. The van der Waals surface area contributed by atoms with Crippen molar-refractivity contribution >= 4 is 11.8 Å². The molecule has 37 heavy (non-hydrogen) atoms. The van der Waals surface area contributed by atoms with Gasteiger partial charge in [0.05, 0.1) is 13.4 Å².